The highest BCUT2D eigenvalue weighted by molar-refractivity contribution is 5.79. The van der Waals surface area contributed by atoms with Crippen LogP contribution in [0.3, 0.4) is 0 Å². The van der Waals surface area contributed by atoms with Gasteiger partial charge in [-0.15, -0.1) is 0 Å². The SMILES string of the molecule is CCN1CCN(CC(=O)NC(c2ccncc2)c2ccc(C)cc2)CC1. The van der Waals surface area contributed by atoms with Crippen molar-refractivity contribution in [2.45, 2.75) is 19.9 Å². The van der Waals surface area contributed by atoms with E-state index < -0.39 is 0 Å². The third-order valence-corrected chi connectivity index (χ3v) is 5.03. The number of benzene rings is 1. The summed E-state index contributed by atoms with van der Waals surface area (Å²) in [4.78, 5) is 21.5. The topological polar surface area (TPSA) is 48.5 Å². The maximum absolute atomic E-state index is 12.7. The van der Waals surface area contributed by atoms with Gasteiger partial charge < -0.3 is 10.2 Å². The molecule has 1 aromatic heterocycles. The van der Waals surface area contributed by atoms with Gasteiger partial charge in [-0.25, -0.2) is 0 Å². The predicted molar refractivity (Wildman–Crippen MR) is 104 cm³/mol. The average Bonchev–Trinajstić information content (AvgIpc) is 2.68. The molecular formula is C21H28N4O. The van der Waals surface area contributed by atoms with Gasteiger partial charge in [-0.2, -0.15) is 0 Å². The van der Waals surface area contributed by atoms with Crippen LogP contribution in [0.15, 0.2) is 48.8 Å². The molecule has 1 unspecified atom stereocenters. The summed E-state index contributed by atoms with van der Waals surface area (Å²) in [5.41, 5.74) is 3.35. The third-order valence-electron chi connectivity index (χ3n) is 5.03. The smallest absolute Gasteiger partial charge is 0.234 e. The van der Waals surface area contributed by atoms with Crippen LogP contribution in [0, 0.1) is 6.92 Å². The number of amides is 1. The highest BCUT2D eigenvalue weighted by atomic mass is 16.2. The minimum absolute atomic E-state index is 0.0670. The molecule has 0 radical (unpaired) electrons. The second-order valence-electron chi connectivity index (χ2n) is 6.90. The Morgan fingerprint density at radius 2 is 1.58 bits per heavy atom. The zero-order valence-corrected chi connectivity index (χ0v) is 15.7. The van der Waals surface area contributed by atoms with Gasteiger partial charge in [0.1, 0.15) is 0 Å². The van der Waals surface area contributed by atoms with Gasteiger partial charge in [0.05, 0.1) is 12.6 Å². The fraction of sp³-hybridized carbons (Fsp3) is 0.429. The molecule has 1 atom stereocenters. The van der Waals surface area contributed by atoms with Gasteiger partial charge >= 0.3 is 0 Å². The summed E-state index contributed by atoms with van der Waals surface area (Å²) in [6, 6.07) is 12.1. The van der Waals surface area contributed by atoms with Gasteiger partial charge in [-0.05, 0) is 36.7 Å². The largest absolute Gasteiger partial charge is 0.344 e. The van der Waals surface area contributed by atoms with Crippen LogP contribution in [-0.4, -0.2) is 60.0 Å². The lowest BCUT2D eigenvalue weighted by Crippen LogP contribution is -2.49. The van der Waals surface area contributed by atoms with Crippen LogP contribution in [0.5, 0.6) is 0 Å². The summed E-state index contributed by atoms with van der Waals surface area (Å²) in [6.07, 6.45) is 3.54. The maximum Gasteiger partial charge on any atom is 0.234 e. The van der Waals surface area contributed by atoms with E-state index in [1.54, 1.807) is 12.4 Å². The molecule has 1 aromatic carbocycles. The Balaban J connectivity index is 1.68. The standard InChI is InChI=1S/C21H28N4O/c1-3-24-12-14-25(15-13-24)16-20(26)23-21(19-8-10-22-11-9-19)18-6-4-17(2)5-7-18/h4-11,21H,3,12-16H2,1-2H3,(H,23,26). The highest BCUT2D eigenvalue weighted by Crippen LogP contribution is 2.22. The molecule has 3 rings (SSSR count). The van der Waals surface area contributed by atoms with Crippen molar-refractivity contribution in [1.82, 2.24) is 20.1 Å². The van der Waals surface area contributed by atoms with Gasteiger partial charge in [0.25, 0.3) is 0 Å². The molecule has 0 saturated carbocycles. The van der Waals surface area contributed by atoms with Crippen molar-refractivity contribution in [3.05, 3.63) is 65.5 Å². The van der Waals surface area contributed by atoms with E-state index >= 15 is 0 Å². The average molecular weight is 352 g/mol. The number of hydrogen-bond acceptors (Lipinski definition) is 4. The molecule has 2 aromatic rings. The van der Waals surface area contributed by atoms with E-state index in [-0.39, 0.29) is 11.9 Å². The number of rotatable bonds is 6. The van der Waals surface area contributed by atoms with E-state index in [0.717, 1.165) is 43.9 Å². The quantitative estimate of drug-likeness (QED) is 0.866. The van der Waals surface area contributed by atoms with Gasteiger partial charge in [0, 0.05) is 38.6 Å². The molecule has 138 valence electrons. The number of aromatic nitrogens is 1. The fourth-order valence-corrected chi connectivity index (χ4v) is 3.35. The summed E-state index contributed by atoms with van der Waals surface area (Å²) < 4.78 is 0. The van der Waals surface area contributed by atoms with Crippen LogP contribution in [0.2, 0.25) is 0 Å². The Morgan fingerprint density at radius 1 is 1.00 bits per heavy atom. The molecular weight excluding hydrogens is 324 g/mol. The summed E-state index contributed by atoms with van der Waals surface area (Å²) in [5.74, 6) is 0.0670. The van der Waals surface area contributed by atoms with Crippen molar-refractivity contribution in [3.8, 4) is 0 Å². The molecule has 1 aliphatic heterocycles. The van der Waals surface area contributed by atoms with E-state index in [2.05, 4.69) is 58.2 Å². The van der Waals surface area contributed by atoms with Crippen molar-refractivity contribution in [1.29, 1.82) is 0 Å². The molecule has 1 saturated heterocycles. The Hall–Kier alpha value is -2.24. The molecule has 0 spiro atoms. The first kappa shape index (κ1) is 18.5. The number of nitrogens with one attached hydrogen (secondary N) is 1. The van der Waals surface area contributed by atoms with Crippen molar-refractivity contribution in [3.63, 3.8) is 0 Å². The minimum Gasteiger partial charge on any atom is -0.344 e. The van der Waals surface area contributed by atoms with E-state index in [1.165, 1.54) is 5.56 Å². The number of carbonyl (C=O) groups is 1. The molecule has 26 heavy (non-hydrogen) atoms. The van der Waals surface area contributed by atoms with Crippen molar-refractivity contribution < 1.29 is 4.79 Å². The van der Waals surface area contributed by atoms with E-state index in [1.807, 2.05) is 12.1 Å². The first-order valence-corrected chi connectivity index (χ1v) is 9.36. The number of piperazine rings is 1. The molecule has 1 amide bonds. The lowest BCUT2D eigenvalue weighted by atomic mass is 9.98. The Labute approximate surface area is 156 Å². The van der Waals surface area contributed by atoms with Crippen molar-refractivity contribution >= 4 is 5.91 Å². The van der Waals surface area contributed by atoms with E-state index in [4.69, 9.17) is 0 Å². The van der Waals surface area contributed by atoms with Gasteiger partial charge in [0.2, 0.25) is 5.91 Å². The zero-order valence-electron chi connectivity index (χ0n) is 15.7. The lowest BCUT2D eigenvalue weighted by molar-refractivity contribution is -0.123. The van der Waals surface area contributed by atoms with Crippen LogP contribution < -0.4 is 5.32 Å². The highest BCUT2D eigenvalue weighted by Gasteiger charge is 2.21. The zero-order chi connectivity index (χ0) is 18.4. The van der Waals surface area contributed by atoms with Crippen LogP contribution >= 0.6 is 0 Å². The molecule has 1 fully saturated rings. The fourth-order valence-electron chi connectivity index (χ4n) is 3.35. The Kier molecular flexibility index (Phi) is 6.36. The first-order valence-electron chi connectivity index (χ1n) is 9.36. The molecule has 5 heteroatoms. The number of nitrogens with zero attached hydrogens (tertiary/aromatic N) is 3. The van der Waals surface area contributed by atoms with E-state index in [0.29, 0.717) is 6.54 Å². The number of hydrogen-bond donors (Lipinski definition) is 1. The van der Waals surface area contributed by atoms with Crippen LogP contribution in [0.1, 0.15) is 29.7 Å². The summed E-state index contributed by atoms with van der Waals surface area (Å²) >= 11 is 0. The molecule has 0 bridgehead atoms. The molecule has 0 aliphatic carbocycles. The summed E-state index contributed by atoms with van der Waals surface area (Å²) in [6.45, 7) is 9.76. The minimum atomic E-state index is -0.150. The lowest BCUT2D eigenvalue weighted by Gasteiger charge is -2.33. The normalized spacial score (nSPS) is 17.0. The monoisotopic (exact) mass is 352 g/mol. The molecule has 2 heterocycles. The maximum atomic E-state index is 12.7. The van der Waals surface area contributed by atoms with Crippen LogP contribution in [0.25, 0.3) is 0 Å². The predicted octanol–water partition coefficient (Wildman–Crippen LogP) is 2.23. The van der Waals surface area contributed by atoms with Crippen LogP contribution in [0.4, 0.5) is 0 Å². The van der Waals surface area contributed by atoms with Crippen molar-refractivity contribution in [2.24, 2.45) is 0 Å². The number of carbonyl (C=O) groups excluding carboxylic acids is 1. The van der Waals surface area contributed by atoms with Crippen molar-refractivity contribution in [2.75, 3.05) is 39.3 Å². The first-order chi connectivity index (χ1) is 12.7. The third kappa shape index (κ3) is 4.90. The summed E-state index contributed by atoms with van der Waals surface area (Å²) in [5, 5.41) is 3.22. The van der Waals surface area contributed by atoms with Crippen LogP contribution in [-0.2, 0) is 4.79 Å². The molecule has 5 nitrogen and oxygen atoms in total. The number of likely N-dealkylation sites (N-methyl/N-ethyl adjacent to an activating group) is 1. The van der Waals surface area contributed by atoms with Gasteiger partial charge in [-0.3, -0.25) is 14.7 Å². The summed E-state index contributed by atoms with van der Waals surface area (Å²) in [7, 11) is 0. The van der Waals surface area contributed by atoms with Gasteiger partial charge in [-0.1, -0.05) is 36.8 Å². The number of pyridine rings is 1. The second kappa shape index (κ2) is 8.92. The second-order valence-corrected chi connectivity index (χ2v) is 6.90. The number of aryl methyl sites for hydroxylation is 1. The Morgan fingerprint density at radius 3 is 2.19 bits per heavy atom. The Bertz CT molecular complexity index is 694. The van der Waals surface area contributed by atoms with E-state index in [9.17, 15) is 4.79 Å². The molecule has 1 N–H and O–H groups in total. The van der Waals surface area contributed by atoms with Gasteiger partial charge in [0.15, 0.2) is 0 Å². The molecule has 1 aliphatic rings.